The maximum Gasteiger partial charge on any atom is 0.252 e. The van der Waals surface area contributed by atoms with Gasteiger partial charge in [0.25, 0.3) is 5.91 Å². The number of carbonyl (C=O) groups is 1. The van der Waals surface area contributed by atoms with Crippen molar-refractivity contribution in [3.8, 4) is 5.75 Å². The summed E-state index contributed by atoms with van der Waals surface area (Å²) in [5.74, 6) is 0.725. The van der Waals surface area contributed by atoms with Gasteiger partial charge in [0.2, 0.25) is 0 Å². The van der Waals surface area contributed by atoms with Gasteiger partial charge in [-0.1, -0.05) is 25.7 Å². The number of nitrogens with one attached hydrogen (secondary N) is 1. The van der Waals surface area contributed by atoms with Gasteiger partial charge in [-0.25, -0.2) is 0 Å². The van der Waals surface area contributed by atoms with Crippen LogP contribution in [0.25, 0.3) is 0 Å². The summed E-state index contributed by atoms with van der Waals surface area (Å²) in [4.78, 5) is 15.5. The second-order valence-electron chi connectivity index (χ2n) is 4.98. The largest absolute Gasteiger partial charge is 0.506 e. The van der Waals surface area contributed by atoms with Crippen molar-refractivity contribution >= 4 is 5.91 Å². The first-order chi connectivity index (χ1) is 8.75. The highest BCUT2D eigenvalue weighted by molar-refractivity contribution is 5.94. The number of amides is 1. The van der Waals surface area contributed by atoms with Gasteiger partial charge in [0.15, 0.2) is 0 Å². The summed E-state index contributed by atoms with van der Waals surface area (Å²) in [6, 6.07) is 1.43. The molecule has 0 bridgehead atoms. The lowest BCUT2D eigenvalue weighted by Gasteiger charge is -2.09. The van der Waals surface area contributed by atoms with E-state index in [1.807, 2.05) is 0 Å². The van der Waals surface area contributed by atoms with Crippen LogP contribution in [-0.4, -0.2) is 22.5 Å². The highest BCUT2D eigenvalue weighted by Gasteiger charge is 2.14. The van der Waals surface area contributed by atoms with Crippen LogP contribution in [0.2, 0.25) is 0 Å². The predicted octanol–water partition coefficient (Wildman–Crippen LogP) is 2.49. The maximum absolute atomic E-state index is 11.7. The molecular formula is C14H20N2O2. The topological polar surface area (TPSA) is 62.2 Å². The fraction of sp³-hybridized carbons (Fsp3) is 0.571. The molecule has 1 fully saturated rings. The van der Waals surface area contributed by atoms with E-state index in [9.17, 15) is 9.90 Å². The molecular weight excluding hydrogens is 228 g/mol. The van der Waals surface area contributed by atoms with E-state index in [0.29, 0.717) is 12.1 Å². The Labute approximate surface area is 107 Å². The predicted molar refractivity (Wildman–Crippen MR) is 69.4 cm³/mol. The molecule has 0 saturated heterocycles. The lowest BCUT2D eigenvalue weighted by Crippen LogP contribution is -2.24. The van der Waals surface area contributed by atoms with Gasteiger partial charge in [-0.2, -0.15) is 0 Å². The van der Waals surface area contributed by atoms with Crippen molar-refractivity contribution in [3.63, 3.8) is 0 Å². The molecule has 2 rings (SSSR count). The average molecular weight is 248 g/mol. The molecule has 4 heteroatoms. The summed E-state index contributed by atoms with van der Waals surface area (Å²) in [5.41, 5.74) is 0.413. The molecule has 2 N–H and O–H groups in total. The minimum absolute atomic E-state index is 0.0219. The van der Waals surface area contributed by atoms with Crippen LogP contribution in [0.3, 0.4) is 0 Å². The van der Waals surface area contributed by atoms with Crippen LogP contribution in [0, 0.1) is 5.92 Å². The van der Waals surface area contributed by atoms with Gasteiger partial charge in [0.1, 0.15) is 5.75 Å². The molecule has 1 amide bonds. The van der Waals surface area contributed by atoms with Crippen LogP contribution in [-0.2, 0) is 0 Å². The van der Waals surface area contributed by atoms with Crippen molar-refractivity contribution < 1.29 is 9.90 Å². The standard InChI is InChI=1S/C14H20N2O2/c17-13-8-12(9-15-10-13)14(18)16-7-3-6-11-4-1-2-5-11/h8-11,17H,1-7H2,(H,16,18). The van der Waals surface area contributed by atoms with Gasteiger partial charge in [0, 0.05) is 12.7 Å². The van der Waals surface area contributed by atoms with E-state index in [1.165, 1.54) is 50.6 Å². The maximum atomic E-state index is 11.7. The van der Waals surface area contributed by atoms with Crippen LogP contribution in [0.1, 0.15) is 48.9 Å². The Morgan fingerprint density at radius 1 is 1.39 bits per heavy atom. The summed E-state index contributed by atoms with van der Waals surface area (Å²) in [5, 5.41) is 12.1. The molecule has 4 nitrogen and oxygen atoms in total. The minimum atomic E-state index is -0.162. The third-order valence-corrected chi connectivity index (χ3v) is 3.54. The third kappa shape index (κ3) is 3.72. The number of pyridine rings is 1. The van der Waals surface area contributed by atoms with Crippen molar-refractivity contribution in [1.82, 2.24) is 10.3 Å². The molecule has 1 heterocycles. The lowest BCUT2D eigenvalue weighted by atomic mass is 10.0. The van der Waals surface area contributed by atoms with Gasteiger partial charge in [0.05, 0.1) is 11.8 Å². The lowest BCUT2D eigenvalue weighted by molar-refractivity contribution is 0.0951. The molecule has 1 aliphatic carbocycles. The van der Waals surface area contributed by atoms with Crippen molar-refractivity contribution in [1.29, 1.82) is 0 Å². The van der Waals surface area contributed by atoms with E-state index in [-0.39, 0.29) is 11.7 Å². The van der Waals surface area contributed by atoms with Crippen LogP contribution in [0.4, 0.5) is 0 Å². The SMILES string of the molecule is O=C(NCCCC1CCCC1)c1cncc(O)c1. The number of nitrogens with zero attached hydrogens (tertiary/aromatic N) is 1. The molecule has 1 aromatic heterocycles. The molecule has 98 valence electrons. The fourth-order valence-corrected chi connectivity index (χ4v) is 2.55. The van der Waals surface area contributed by atoms with E-state index < -0.39 is 0 Å². The summed E-state index contributed by atoms with van der Waals surface area (Å²) in [6.45, 7) is 0.699. The second kappa shape index (κ2) is 6.38. The number of aromatic hydroxyl groups is 1. The number of hydrogen-bond acceptors (Lipinski definition) is 3. The Bertz CT molecular complexity index is 401. The summed E-state index contributed by atoms with van der Waals surface area (Å²) in [7, 11) is 0. The normalized spacial score (nSPS) is 15.8. The molecule has 0 aromatic carbocycles. The molecule has 0 atom stereocenters. The third-order valence-electron chi connectivity index (χ3n) is 3.54. The first-order valence-electron chi connectivity index (χ1n) is 6.68. The Morgan fingerprint density at radius 3 is 2.89 bits per heavy atom. The number of aromatic nitrogens is 1. The monoisotopic (exact) mass is 248 g/mol. The van der Waals surface area contributed by atoms with Crippen LogP contribution >= 0.6 is 0 Å². The van der Waals surface area contributed by atoms with Crippen LogP contribution in [0.15, 0.2) is 18.5 Å². The van der Waals surface area contributed by atoms with Crippen molar-refractivity contribution in [2.75, 3.05) is 6.54 Å². The van der Waals surface area contributed by atoms with Gasteiger partial charge < -0.3 is 10.4 Å². The van der Waals surface area contributed by atoms with E-state index in [4.69, 9.17) is 0 Å². The first-order valence-corrected chi connectivity index (χ1v) is 6.68. The molecule has 0 aliphatic heterocycles. The number of hydrogen-bond donors (Lipinski definition) is 2. The summed E-state index contributed by atoms with van der Waals surface area (Å²) >= 11 is 0. The zero-order valence-electron chi connectivity index (χ0n) is 10.6. The Morgan fingerprint density at radius 2 is 2.17 bits per heavy atom. The fourth-order valence-electron chi connectivity index (χ4n) is 2.55. The number of carbonyl (C=O) groups excluding carboxylic acids is 1. The van der Waals surface area contributed by atoms with E-state index in [0.717, 1.165) is 12.3 Å². The van der Waals surface area contributed by atoms with Gasteiger partial charge in [-0.3, -0.25) is 9.78 Å². The summed E-state index contributed by atoms with van der Waals surface area (Å²) < 4.78 is 0. The average Bonchev–Trinajstić information content (AvgIpc) is 2.87. The molecule has 1 aliphatic rings. The van der Waals surface area contributed by atoms with Gasteiger partial charge in [-0.05, 0) is 24.8 Å². The Balaban J connectivity index is 1.68. The smallest absolute Gasteiger partial charge is 0.252 e. The molecule has 0 spiro atoms. The summed E-state index contributed by atoms with van der Waals surface area (Å²) in [6.07, 6.45) is 10.5. The van der Waals surface area contributed by atoms with Crippen molar-refractivity contribution in [2.45, 2.75) is 38.5 Å². The van der Waals surface area contributed by atoms with Crippen molar-refractivity contribution in [3.05, 3.63) is 24.0 Å². The Kier molecular flexibility index (Phi) is 4.56. The van der Waals surface area contributed by atoms with E-state index in [2.05, 4.69) is 10.3 Å². The number of rotatable bonds is 5. The first kappa shape index (κ1) is 12.9. The van der Waals surface area contributed by atoms with Crippen LogP contribution < -0.4 is 5.32 Å². The second-order valence-corrected chi connectivity index (χ2v) is 4.98. The Hall–Kier alpha value is -1.58. The molecule has 1 aromatic rings. The highest BCUT2D eigenvalue weighted by atomic mass is 16.3. The molecule has 18 heavy (non-hydrogen) atoms. The van der Waals surface area contributed by atoms with E-state index >= 15 is 0 Å². The zero-order valence-corrected chi connectivity index (χ0v) is 10.6. The van der Waals surface area contributed by atoms with Crippen molar-refractivity contribution in [2.24, 2.45) is 5.92 Å². The van der Waals surface area contributed by atoms with E-state index in [1.54, 1.807) is 0 Å². The molecule has 1 saturated carbocycles. The quantitative estimate of drug-likeness (QED) is 0.787. The van der Waals surface area contributed by atoms with Crippen LogP contribution in [0.5, 0.6) is 5.75 Å². The van der Waals surface area contributed by atoms with Gasteiger partial charge in [-0.15, -0.1) is 0 Å². The minimum Gasteiger partial charge on any atom is -0.506 e. The van der Waals surface area contributed by atoms with Gasteiger partial charge >= 0.3 is 0 Å². The molecule has 0 radical (unpaired) electrons. The molecule has 0 unspecified atom stereocenters. The zero-order chi connectivity index (χ0) is 12.8. The highest BCUT2D eigenvalue weighted by Crippen LogP contribution is 2.28.